The van der Waals surface area contributed by atoms with Crippen molar-refractivity contribution in [2.75, 3.05) is 37.5 Å². The maximum absolute atomic E-state index is 10.3. The summed E-state index contributed by atoms with van der Waals surface area (Å²) < 4.78 is 17.6. The normalized spacial score (nSPS) is 13.6. The number of carboxylic acid groups (broad SMARTS) is 3. The van der Waals surface area contributed by atoms with Crippen molar-refractivity contribution in [2.45, 2.75) is 31.0 Å². The van der Waals surface area contributed by atoms with E-state index in [4.69, 9.17) is 39.9 Å². The van der Waals surface area contributed by atoms with Crippen molar-refractivity contribution in [1.82, 2.24) is 9.97 Å². The van der Waals surface area contributed by atoms with E-state index in [0.29, 0.717) is 59.4 Å². The van der Waals surface area contributed by atoms with Crippen LogP contribution in [-0.4, -0.2) is 92.4 Å². The number of fused-ring (bicyclic) bond motifs is 1. The largest absolute Gasteiger partial charge is 0.493 e. The number of carboxylic acids is 3. The predicted octanol–water partition coefficient (Wildman–Crippen LogP) is 3.25. The Balaban J connectivity index is 0.000000383. The van der Waals surface area contributed by atoms with E-state index >= 15 is 0 Å². The number of hydrogen-bond donors (Lipinski definition) is 6. The van der Waals surface area contributed by atoms with Crippen LogP contribution in [-0.2, 0) is 14.4 Å². The minimum Gasteiger partial charge on any atom is -0.493 e. The average molecular weight is 701 g/mol. The van der Waals surface area contributed by atoms with Crippen LogP contribution in [0.5, 0.6) is 23.1 Å². The van der Waals surface area contributed by atoms with Crippen LogP contribution < -0.4 is 24.4 Å². The van der Waals surface area contributed by atoms with Gasteiger partial charge in [0.25, 0.3) is 0 Å². The van der Waals surface area contributed by atoms with Crippen LogP contribution in [0.2, 0.25) is 0 Å². The van der Waals surface area contributed by atoms with E-state index in [1.165, 1.54) is 14.2 Å². The monoisotopic (exact) mass is 700 g/mol. The first-order valence-corrected chi connectivity index (χ1v) is 15.0. The summed E-state index contributed by atoms with van der Waals surface area (Å²) in [5, 5.41) is 66.9. The molecule has 0 bridgehead atoms. The summed E-state index contributed by atoms with van der Waals surface area (Å²) in [6.07, 6.45) is -2.10. The van der Waals surface area contributed by atoms with Gasteiger partial charge in [0.1, 0.15) is 5.82 Å². The number of rotatable bonds is 12. The van der Waals surface area contributed by atoms with Crippen LogP contribution in [0.1, 0.15) is 30.4 Å². The fourth-order valence-electron chi connectivity index (χ4n) is 5.06. The summed E-state index contributed by atoms with van der Waals surface area (Å²) in [7, 11) is 3.06. The molecule has 264 valence electrons. The van der Waals surface area contributed by atoms with Gasteiger partial charge >= 0.3 is 17.9 Å². The highest BCUT2D eigenvalue weighted by Gasteiger charge is 2.40. The molecule has 1 saturated heterocycles. The van der Waals surface area contributed by atoms with E-state index in [1.54, 1.807) is 54.6 Å². The van der Waals surface area contributed by atoms with Crippen molar-refractivity contribution < 1.29 is 54.1 Å². The second-order valence-electron chi connectivity index (χ2n) is 11.2. The molecular formula is C34H32N6O11. The number of ether oxygens (including phenoxy) is 3. The van der Waals surface area contributed by atoms with Crippen molar-refractivity contribution in [1.29, 1.82) is 10.5 Å². The number of carbonyl (C=O) groups is 3. The maximum Gasteiger partial charge on any atom is 0.336 e. The Kier molecular flexibility index (Phi) is 11.8. The number of aliphatic hydroxyl groups is 2. The van der Waals surface area contributed by atoms with Crippen LogP contribution >= 0.6 is 0 Å². The van der Waals surface area contributed by atoms with Gasteiger partial charge in [-0.3, -0.25) is 9.59 Å². The Labute approximate surface area is 290 Å². The van der Waals surface area contributed by atoms with Gasteiger partial charge in [0.15, 0.2) is 17.1 Å². The zero-order chi connectivity index (χ0) is 37.3. The third-order valence-electron chi connectivity index (χ3n) is 7.50. The number of benzene rings is 3. The molecule has 17 heteroatoms. The first-order valence-electron chi connectivity index (χ1n) is 15.0. The highest BCUT2D eigenvalue weighted by atomic mass is 16.5. The minimum absolute atomic E-state index is 0.233. The second kappa shape index (κ2) is 16.1. The molecule has 3 aromatic carbocycles. The third-order valence-corrected chi connectivity index (χ3v) is 7.50. The van der Waals surface area contributed by atoms with Crippen molar-refractivity contribution in [3.63, 3.8) is 0 Å². The smallest absolute Gasteiger partial charge is 0.336 e. The molecule has 6 N–H and O–H groups in total. The van der Waals surface area contributed by atoms with Crippen LogP contribution in [0.25, 0.3) is 10.8 Å². The maximum atomic E-state index is 10.3. The number of nitriles is 2. The van der Waals surface area contributed by atoms with Gasteiger partial charge in [-0.1, -0.05) is 0 Å². The minimum atomic E-state index is -2.74. The molecular weight excluding hydrogens is 668 g/mol. The Morgan fingerprint density at radius 2 is 1.57 bits per heavy atom. The molecule has 0 aliphatic carbocycles. The highest BCUT2D eigenvalue weighted by molar-refractivity contribution is 5.94. The fraction of sp³-hybridized carbons (Fsp3) is 0.265. The average Bonchev–Trinajstić information content (AvgIpc) is 3.53. The number of β-amino-alcohol motifs (C(OH)–C–C–N with tert-alkyl or cyclic N) is 1. The molecule has 1 aliphatic heterocycles. The molecule has 0 spiro atoms. The van der Waals surface area contributed by atoms with Crippen LogP contribution in [0.3, 0.4) is 0 Å². The molecule has 1 fully saturated rings. The molecule has 5 rings (SSSR count). The zero-order valence-electron chi connectivity index (χ0n) is 27.2. The number of aliphatic hydroxyl groups excluding tert-OH is 1. The van der Waals surface area contributed by atoms with Gasteiger partial charge in [-0.15, -0.1) is 0 Å². The molecule has 51 heavy (non-hydrogen) atoms. The lowest BCUT2D eigenvalue weighted by molar-refractivity contribution is -0.170. The lowest BCUT2D eigenvalue weighted by Gasteiger charge is -2.20. The van der Waals surface area contributed by atoms with E-state index < -0.39 is 42.5 Å². The predicted molar refractivity (Wildman–Crippen MR) is 178 cm³/mol. The number of nitrogens with one attached hydrogen (secondary N) is 1. The van der Waals surface area contributed by atoms with Gasteiger partial charge in [0.2, 0.25) is 17.6 Å². The molecule has 17 nitrogen and oxygen atoms in total. The number of anilines is 3. The van der Waals surface area contributed by atoms with Crippen molar-refractivity contribution in [3.8, 4) is 35.3 Å². The third kappa shape index (κ3) is 9.27. The van der Waals surface area contributed by atoms with Gasteiger partial charge in [-0.2, -0.15) is 20.5 Å². The van der Waals surface area contributed by atoms with Crippen molar-refractivity contribution in [3.05, 3.63) is 65.7 Å². The van der Waals surface area contributed by atoms with Crippen LogP contribution in [0.4, 0.5) is 17.5 Å². The van der Waals surface area contributed by atoms with Crippen LogP contribution in [0, 0.1) is 22.7 Å². The molecule has 1 atom stereocenters. The lowest BCUT2D eigenvalue weighted by Crippen LogP contribution is -2.42. The summed E-state index contributed by atoms with van der Waals surface area (Å²) in [4.78, 5) is 41.6. The standard InChI is InChI=1S/C28H24N6O4.C6H8O7/c1-36-23-12-19-11-18(15-30)5-8-22(19)26(37-2)27(23)38-25-13-24(34-10-9-21(35)16-34)32-28(33-25)31-20-6-3-17(14-29)4-7-20;7-3(8)1-6(13,5(11)12)2-4(9)10/h3-8,11-13,21,35H,9-10,16H2,1-2H3,(H,31,32,33);13H,1-2H2,(H,7,8)(H,9,10)(H,11,12). The van der Waals surface area contributed by atoms with E-state index in [2.05, 4.69) is 27.4 Å². The van der Waals surface area contributed by atoms with Gasteiger partial charge in [-0.25, -0.2) is 4.79 Å². The van der Waals surface area contributed by atoms with Gasteiger partial charge in [-0.05, 0) is 60.3 Å². The van der Waals surface area contributed by atoms with E-state index in [0.717, 1.165) is 10.8 Å². The summed E-state index contributed by atoms with van der Waals surface area (Å²) in [5.41, 5.74) is -0.986. The van der Waals surface area contributed by atoms with Crippen molar-refractivity contribution >= 4 is 46.1 Å². The number of hydrogen-bond acceptors (Lipinski definition) is 14. The summed E-state index contributed by atoms with van der Waals surface area (Å²) in [6, 6.07) is 19.9. The molecule has 2 heterocycles. The fourth-order valence-corrected chi connectivity index (χ4v) is 5.06. The molecule has 1 unspecified atom stereocenters. The van der Waals surface area contributed by atoms with E-state index in [1.807, 2.05) is 4.90 Å². The summed E-state index contributed by atoms with van der Waals surface area (Å²) in [5.74, 6) is -2.76. The number of nitrogens with zero attached hydrogens (tertiary/aromatic N) is 5. The van der Waals surface area contributed by atoms with E-state index in [-0.39, 0.29) is 11.8 Å². The number of aliphatic carboxylic acids is 3. The Hall–Kier alpha value is -6.69. The molecule has 1 aliphatic rings. The van der Waals surface area contributed by atoms with Gasteiger partial charge in [0, 0.05) is 30.2 Å². The van der Waals surface area contributed by atoms with Crippen LogP contribution in [0.15, 0.2) is 54.6 Å². The van der Waals surface area contributed by atoms with Gasteiger partial charge in [0.05, 0.1) is 56.4 Å². The summed E-state index contributed by atoms with van der Waals surface area (Å²) >= 11 is 0. The molecule has 0 amide bonds. The molecule has 0 radical (unpaired) electrons. The van der Waals surface area contributed by atoms with Crippen molar-refractivity contribution in [2.24, 2.45) is 0 Å². The van der Waals surface area contributed by atoms with E-state index in [9.17, 15) is 24.8 Å². The Morgan fingerprint density at radius 3 is 2.10 bits per heavy atom. The van der Waals surface area contributed by atoms with Gasteiger partial charge < -0.3 is 50.0 Å². The first kappa shape index (κ1) is 37.1. The zero-order valence-corrected chi connectivity index (χ0v) is 27.2. The molecule has 0 saturated carbocycles. The number of methoxy groups -OCH3 is 2. The Morgan fingerprint density at radius 1 is 0.922 bits per heavy atom. The summed E-state index contributed by atoms with van der Waals surface area (Å²) in [6.45, 7) is 1.08. The lowest BCUT2D eigenvalue weighted by atomic mass is 9.96. The quantitative estimate of drug-likeness (QED) is 0.124. The first-order chi connectivity index (χ1) is 24.3. The second-order valence-corrected chi connectivity index (χ2v) is 11.2. The SMILES string of the molecule is COc1cc2cc(C#N)ccc2c(OC)c1Oc1cc(N2CCC(O)C2)nc(Nc2ccc(C#N)cc2)n1.O=C(O)CC(O)(CC(=O)O)C(=O)O. The topological polar surface area (TPSA) is 269 Å². The Bertz CT molecular complexity index is 2010. The molecule has 1 aromatic heterocycles. The molecule has 4 aromatic rings. The highest BCUT2D eigenvalue weighted by Crippen LogP contribution is 2.46. The number of aromatic nitrogens is 2.